The molecule has 0 amide bonds. The molecule has 1 unspecified atom stereocenters. The number of likely N-dealkylation sites (N-methyl/N-ethyl adjacent to an activating group) is 1. The van der Waals surface area contributed by atoms with Gasteiger partial charge in [0, 0.05) is 35.9 Å². The van der Waals surface area contributed by atoms with Gasteiger partial charge in [0.15, 0.2) is 0 Å². The van der Waals surface area contributed by atoms with Crippen LogP contribution < -0.4 is 10.2 Å². The summed E-state index contributed by atoms with van der Waals surface area (Å²) in [5, 5.41) is 3.58. The lowest BCUT2D eigenvalue weighted by Crippen LogP contribution is -2.30. The SMILES string of the molecule is CCCNC(C)c1ccc(Br)cc1N(CC)CCOCC. The van der Waals surface area contributed by atoms with E-state index in [1.165, 1.54) is 11.3 Å². The van der Waals surface area contributed by atoms with Crippen LogP contribution in [0.25, 0.3) is 0 Å². The highest BCUT2D eigenvalue weighted by Crippen LogP contribution is 2.29. The normalized spacial score (nSPS) is 12.4. The van der Waals surface area contributed by atoms with Gasteiger partial charge in [-0.15, -0.1) is 0 Å². The minimum atomic E-state index is 0.356. The molecule has 4 heteroatoms. The molecule has 0 bridgehead atoms. The van der Waals surface area contributed by atoms with Crippen LogP contribution in [0.4, 0.5) is 5.69 Å². The van der Waals surface area contributed by atoms with E-state index in [2.05, 4.69) is 65.1 Å². The largest absolute Gasteiger partial charge is 0.380 e. The fourth-order valence-electron chi connectivity index (χ4n) is 2.40. The van der Waals surface area contributed by atoms with Crippen LogP contribution in [-0.2, 0) is 4.74 Å². The summed E-state index contributed by atoms with van der Waals surface area (Å²) in [6, 6.07) is 6.92. The predicted molar refractivity (Wildman–Crippen MR) is 95.2 cm³/mol. The molecule has 21 heavy (non-hydrogen) atoms. The number of hydrogen-bond acceptors (Lipinski definition) is 3. The Balaban J connectivity index is 2.92. The summed E-state index contributed by atoms with van der Waals surface area (Å²) in [4.78, 5) is 2.39. The van der Waals surface area contributed by atoms with E-state index in [1.807, 2.05) is 6.92 Å². The lowest BCUT2D eigenvalue weighted by Gasteiger charge is -2.28. The van der Waals surface area contributed by atoms with Gasteiger partial charge in [0.25, 0.3) is 0 Å². The van der Waals surface area contributed by atoms with Crippen molar-refractivity contribution in [2.45, 2.75) is 40.2 Å². The molecular formula is C17H29BrN2O. The average Bonchev–Trinajstić information content (AvgIpc) is 2.49. The van der Waals surface area contributed by atoms with Crippen LogP contribution in [-0.4, -0.2) is 32.8 Å². The third-order valence-corrected chi connectivity index (χ3v) is 4.08. The standard InChI is InChI=1S/C17H29BrN2O/c1-5-10-19-14(4)16-9-8-15(18)13-17(16)20(6-2)11-12-21-7-3/h8-9,13-14,19H,5-7,10-12H2,1-4H3. The van der Waals surface area contributed by atoms with Crippen LogP contribution in [0.15, 0.2) is 22.7 Å². The van der Waals surface area contributed by atoms with Gasteiger partial charge in [-0.3, -0.25) is 0 Å². The fourth-order valence-corrected chi connectivity index (χ4v) is 2.74. The van der Waals surface area contributed by atoms with Crippen molar-refractivity contribution in [3.63, 3.8) is 0 Å². The van der Waals surface area contributed by atoms with Crippen LogP contribution >= 0.6 is 15.9 Å². The van der Waals surface area contributed by atoms with E-state index in [4.69, 9.17) is 4.74 Å². The molecule has 0 radical (unpaired) electrons. The maximum Gasteiger partial charge on any atom is 0.0641 e. The smallest absolute Gasteiger partial charge is 0.0641 e. The molecule has 120 valence electrons. The van der Waals surface area contributed by atoms with Crippen LogP contribution in [0.5, 0.6) is 0 Å². The quantitative estimate of drug-likeness (QED) is 0.629. The Labute approximate surface area is 138 Å². The topological polar surface area (TPSA) is 24.5 Å². The Kier molecular flexibility index (Phi) is 8.97. The van der Waals surface area contributed by atoms with Crippen molar-refractivity contribution in [2.75, 3.05) is 37.7 Å². The minimum Gasteiger partial charge on any atom is -0.380 e. The third-order valence-electron chi connectivity index (χ3n) is 3.59. The highest BCUT2D eigenvalue weighted by atomic mass is 79.9. The molecule has 0 aliphatic rings. The first-order valence-corrected chi connectivity index (χ1v) is 8.78. The van der Waals surface area contributed by atoms with Gasteiger partial charge in [-0.25, -0.2) is 0 Å². The van der Waals surface area contributed by atoms with E-state index < -0.39 is 0 Å². The van der Waals surface area contributed by atoms with Crippen molar-refractivity contribution in [1.29, 1.82) is 0 Å². The van der Waals surface area contributed by atoms with Crippen molar-refractivity contribution < 1.29 is 4.74 Å². The lowest BCUT2D eigenvalue weighted by atomic mass is 10.0. The molecule has 0 heterocycles. The van der Waals surface area contributed by atoms with Gasteiger partial charge >= 0.3 is 0 Å². The zero-order valence-corrected chi connectivity index (χ0v) is 15.4. The Morgan fingerprint density at radius 2 is 2.05 bits per heavy atom. The first kappa shape index (κ1) is 18.5. The van der Waals surface area contributed by atoms with Crippen LogP contribution in [0.1, 0.15) is 45.7 Å². The number of nitrogens with one attached hydrogen (secondary N) is 1. The van der Waals surface area contributed by atoms with E-state index in [0.717, 1.165) is 43.7 Å². The molecule has 0 saturated heterocycles. The number of nitrogens with zero attached hydrogens (tertiary/aromatic N) is 1. The summed E-state index contributed by atoms with van der Waals surface area (Å²) < 4.78 is 6.64. The fraction of sp³-hybridized carbons (Fsp3) is 0.647. The molecule has 1 rings (SSSR count). The van der Waals surface area contributed by atoms with Crippen molar-refractivity contribution in [3.8, 4) is 0 Å². The molecule has 0 aromatic heterocycles. The molecule has 1 atom stereocenters. The molecule has 3 nitrogen and oxygen atoms in total. The van der Waals surface area contributed by atoms with Gasteiger partial charge in [0.05, 0.1) is 6.61 Å². The molecular weight excluding hydrogens is 328 g/mol. The molecule has 0 saturated carbocycles. The minimum absolute atomic E-state index is 0.356. The van der Waals surface area contributed by atoms with Crippen molar-refractivity contribution in [1.82, 2.24) is 5.32 Å². The summed E-state index contributed by atoms with van der Waals surface area (Å²) >= 11 is 3.60. The van der Waals surface area contributed by atoms with E-state index in [9.17, 15) is 0 Å². The zero-order chi connectivity index (χ0) is 15.7. The summed E-state index contributed by atoms with van der Waals surface area (Å²) in [6.45, 7) is 13.2. The highest BCUT2D eigenvalue weighted by Gasteiger charge is 2.15. The number of benzene rings is 1. The molecule has 0 spiro atoms. The van der Waals surface area contributed by atoms with Gasteiger partial charge in [-0.1, -0.05) is 28.9 Å². The van der Waals surface area contributed by atoms with E-state index >= 15 is 0 Å². The number of halogens is 1. The number of hydrogen-bond donors (Lipinski definition) is 1. The summed E-state index contributed by atoms with van der Waals surface area (Å²) in [5.74, 6) is 0. The number of ether oxygens (including phenoxy) is 1. The van der Waals surface area contributed by atoms with Crippen LogP contribution in [0, 0.1) is 0 Å². The molecule has 0 aliphatic carbocycles. The van der Waals surface area contributed by atoms with Crippen molar-refractivity contribution >= 4 is 21.6 Å². The second-order valence-corrected chi connectivity index (χ2v) is 6.07. The van der Waals surface area contributed by atoms with Crippen LogP contribution in [0.3, 0.4) is 0 Å². The van der Waals surface area contributed by atoms with Crippen molar-refractivity contribution in [3.05, 3.63) is 28.2 Å². The van der Waals surface area contributed by atoms with Gasteiger partial charge in [0.1, 0.15) is 0 Å². The summed E-state index contributed by atoms with van der Waals surface area (Å²) in [7, 11) is 0. The molecule has 1 N–H and O–H groups in total. The predicted octanol–water partition coefficient (Wildman–Crippen LogP) is 4.37. The number of rotatable bonds is 10. The van der Waals surface area contributed by atoms with Crippen molar-refractivity contribution in [2.24, 2.45) is 0 Å². The first-order valence-electron chi connectivity index (χ1n) is 7.99. The second-order valence-electron chi connectivity index (χ2n) is 5.16. The summed E-state index contributed by atoms with van der Waals surface area (Å²) in [6.07, 6.45) is 1.15. The van der Waals surface area contributed by atoms with Gasteiger partial charge in [0.2, 0.25) is 0 Å². The van der Waals surface area contributed by atoms with Gasteiger partial charge in [-0.2, -0.15) is 0 Å². The molecule has 0 fully saturated rings. The summed E-state index contributed by atoms with van der Waals surface area (Å²) in [5.41, 5.74) is 2.65. The van der Waals surface area contributed by atoms with Gasteiger partial charge < -0.3 is 15.0 Å². The molecule has 1 aromatic rings. The molecule has 1 aromatic carbocycles. The third kappa shape index (κ3) is 5.97. The first-order chi connectivity index (χ1) is 10.1. The van der Waals surface area contributed by atoms with Gasteiger partial charge in [-0.05, 0) is 51.4 Å². The van der Waals surface area contributed by atoms with E-state index in [1.54, 1.807) is 0 Å². The Morgan fingerprint density at radius 1 is 1.29 bits per heavy atom. The maximum absolute atomic E-state index is 5.51. The number of anilines is 1. The maximum atomic E-state index is 5.51. The van der Waals surface area contributed by atoms with E-state index in [0.29, 0.717) is 6.04 Å². The molecule has 0 aliphatic heterocycles. The Morgan fingerprint density at radius 3 is 2.67 bits per heavy atom. The van der Waals surface area contributed by atoms with Crippen LogP contribution in [0.2, 0.25) is 0 Å². The Hall–Kier alpha value is -0.580. The lowest BCUT2D eigenvalue weighted by molar-refractivity contribution is 0.154. The average molecular weight is 357 g/mol. The zero-order valence-electron chi connectivity index (χ0n) is 13.8. The second kappa shape index (κ2) is 10.2. The monoisotopic (exact) mass is 356 g/mol. The van der Waals surface area contributed by atoms with E-state index in [-0.39, 0.29) is 0 Å². The highest BCUT2D eigenvalue weighted by molar-refractivity contribution is 9.10. The Bertz CT molecular complexity index is 412.